The number of nitrogens with one attached hydrogen (secondary N) is 1. The highest BCUT2D eigenvalue weighted by molar-refractivity contribution is 7.89. The van der Waals surface area contributed by atoms with Gasteiger partial charge in [-0.15, -0.1) is 0 Å². The maximum atomic E-state index is 13.4. The van der Waals surface area contributed by atoms with Crippen LogP contribution in [0.5, 0.6) is 0 Å². The number of rotatable bonds is 6. The fourth-order valence-corrected chi connectivity index (χ4v) is 2.86. The Hall–Kier alpha value is -1.12. The number of benzene rings is 1. The van der Waals surface area contributed by atoms with Gasteiger partial charge >= 0.3 is 0 Å². The van der Waals surface area contributed by atoms with Gasteiger partial charge < -0.3 is 5.73 Å². The van der Waals surface area contributed by atoms with E-state index in [9.17, 15) is 21.6 Å². The van der Waals surface area contributed by atoms with Crippen LogP contribution in [-0.4, -0.2) is 21.0 Å². The van der Waals surface area contributed by atoms with Gasteiger partial charge in [-0.25, -0.2) is 26.3 Å². The molecule has 1 atom stereocenters. The quantitative estimate of drug-likeness (QED) is 0.786. The highest BCUT2D eigenvalue weighted by atomic mass is 32.2. The molecule has 0 radical (unpaired) electrons. The Balaban J connectivity index is 2.87. The molecular formula is C12H17F3N2O2S. The van der Waals surface area contributed by atoms with E-state index in [1.165, 1.54) is 0 Å². The molecule has 1 unspecified atom stereocenters. The zero-order valence-electron chi connectivity index (χ0n) is 11.2. The molecule has 0 saturated carbocycles. The van der Waals surface area contributed by atoms with Crippen LogP contribution in [0.3, 0.4) is 0 Å². The van der Waals surface area contributed by atoms with Crippen LogP contribution in [0.1, 0.15) is 20.3 Å². The average Bonchev–Trinajstić information content (AvgIpc) is 2.32. The third-order valence-electron chi connectivity index (χ3n) is 2.60. The molecular weight excluding hydrogens is 293 g/mol. The Labute approximate surface area is 116 Å². The van der Waals surface area contributed by atoms with Gasteiger partial charge in [-0.1, -0.05) is 13.8 Å². The fourth-order valence-electron chi connectivity index (χ4n) is 1.70. The van der Waals surface area contributed by atoms with E-state index < -0.39 is 38.4 Å². The third kappa shape index (κ3) is 4.19. The zero-order valence-corrected chi connectivity index (χ0v) is 12.0. The molecule has 0 aliphatic heterocycles. The van der Waals surface area contributed by atoms with Crippen LogP contribution >= 0.6 is 0 Å². The molecule has 20 heavy (non-hydrogen) atoms. The first-order valence-electron chi connectivity index (χ1n) is 6.04. The molecule has 4 nitrogen and oxygen atoms in total. The molecule has 1 rings (SSSR count). The molecule has 1 aromatic carbocycles. The van der Waals surface area contributed by atoms with Crippen LogP contribution < -0.4 is 10.5 Å². The lowest BCUT2D eigenvalue weighted by Gasteiger charge is -2.15. The number of halogens is 3. The second kappa shape index (κ2) is 6.55. The summed E-state index contributed by atoms with van der Waals surface area (Å²) < 4.78 is 64.9. The fraction of sp³-hybridized carbons (Fsp3) is 0.500. The summed E-state index contributed by atoms with van der Waals surface area (Å²) >= 11 is 0. The van der Waals surface area contributed by atoms with Gasteiger partial charge in [-0.3, -0.25) is 0 Å². The lowest BCUT2D eigenvalue weighted by Crippen LogP contribution is -2.38. The predicted molar refractivity (Wildman–Crippen MR) is 68.9 cm³/mol. The average molecular weight is 310 g/mol. The molecule has 0 bridgehead atoms. The van der Waals surface area contributed by atoms with Gasteiger partial charge in [0.1, 0.15) is 4.90 Å². The standard InChI is InChI=1S/C12H17F3N2O2S/c1-7(2)5-8(16)6-17-20(18,19)10-4-3-9(13)11(14)12(10)15/h3-4,7-8,17H,5-6,16H2,1-2H3. The van der Waals surface area contributed by atoms with E-state index in [0.29, 0.717) is 18.6 Å². The second-order valence-corrected chi connectivity index (χ2v) is 6.65. The number of hydrogen-bond acceptors (Lipinski definition) is 3. The van der Waals surface area contributed by atoms with Crippen molar-refractivity contribution in [1.29, 1.82) is 0 Å². The molecule has 0 fully saturated rings. The van der Waals surface area contributed by atoms with Crippen LogP contribution in [0.25, 0.3) is 0 Å². The van der Waals surface area contributed by atoms with E-state index in [1.807, 2.05) is 13.8 Å². The lowest BCUT2D eigenvalue weighted by molar-refractivity contribution is 0.431. The van der Waals surface area contributed by atoms with Crippen molar-refractivity contribution in [2.24, 2.45) is 11.7 Å². The Kier molecular flexibility index (Phi) is 5.55. The maximum absolute atomic E-state index is 13.4. The van der Waals surface area contributed by atoms with Crippen molar-refractivity contribution in [1.82, 2.24) is 4.72 Å². The van der Waals surface area contributed by atoms with Gasteiger partial charge in [0.15, 0.2) is 17.5 Å². The van der Waals surface area contributed by atoms with Crippen LogP contribution in [0.2, 0.25) is 0 Å². The van der Waals surface area contributed by atoms with E-state index in [-0.39, 0.29) is 12.5 Å². The van der Waals surface area contributed by atoms with E-state index >= 15 is 0 Å². The normalized spacial score (nSPS) is 13.8. The van der Waals surface area contributed by atoms with Gasteiger partial charge in [0.05, 0.1) is 0 Å². The molecule has 0 spiro atoms. The van der Waals surface area contributed by atoms with Crippen LogP contribution in [0.15, 0.2) is 17.0 Å². The Morgan fingerprint density at radius 2 is 1.80 bits per heavy atom. The predicted octanol–water partition coefficient (Wildman–Crippen LogP) is 1.76. The van der Waals surface area contributed by atoms with Crippen molar-refractivity contribution in [3.05, 3.63) is 29.6 Å². The molecule has 3 N–H and O–H groups in total. The minimum Gasteiger partial charge on any atom is -0.327 e. The number of hydrogen-bond donors (Lipinski definition) is 2. The van der Waals surface area contributed by atoms with Crippen molar-refractivity contribution in [3.63, 3.8) is 0 Å². The van der Waals surface area contributed by atoms with Crippen molar-refractivity contribution in [3.8, 4) is 0 Å². The lowest BCUT2D eigenvalue weighted by atomic mass is 10.1. The zero-order chi connectivity index (χ0) is 15.5. The van der Waals surface area contributed by atoms with E-state index in [2.05, 4.69) is 4.72 Å². The Morgan fingerprint density at radius 1 is 1.20 bits per heavy atom. The van der Waals surface area contributed by atoms with Crippen LogP contribution in [0, 0.1) is 23.4 Å². The SMILES string of the molecule is CC(C)CC(N)CNS(=O)(=O)c1ccc(F)c(F)c1F. The molecule has 0 saturated heterocycles. The molecule has 0 heterocycles. The van der Waals surface area contributed by atoms with Gasteiger partial charge in [0, 0.05) is 12.6 Å². The largest absolute Gasteiger partial charge is 0.327 e. The van der Waals surface area contributed by atoms with Crippen molar-refractivity contribution < 1.29 is 21.6 Å². The monoisotopic (exact) mass is 310 g/mol. The summed E-state index contributed by atoms with van der Waals surface area (Å²) in [5, 5.41) is 0. The molecule has 114 valence electrons. The van der Waals surface area contributed by atoms with Gasteiger partial charge in [-0.2, -0.15) is 0 Å². The molecule has 0 aliphatic rings. The Morgan fingerprint density at radius 3 is 2.35 bits per heavy atom. The van der Waals surface area contributed by atoms with Gasteiger partial charge in [0.25, 0.3) is 0 Å². The van der Waals surface area contributed by atoms with Crippen molar-refractivity contribution >= 4 is 10.0 Å². The molecule has 8 heteroatoms. The summed E-state index contributed by atoms with van der Waals surface area (Å²) in [4.78, 5) is -0.937. The first-order valence-corrected chi connectivity index (χ1v) is 7.52. The number of sulfonamides is 1. The Bertz CT molecular complexity index is 576. The summed E-state index contributed by atoms with van der Waals surface area (Å²) in [5.41, 5.74) is 5.70. The minimum absolute atomic E-state index is 0.112. The summed E-state index contributed by atoms with van der Waals surface area (Å²) in [7, 11) is -4.27. The van der Waals surface area contributed by atoms with Crippen molar-refractivity contribution in [2.45, 2.75) is 31.2 Å². The second-order valence-electron chi connectivity index (χ2n) is 4.92. The van der Waals surface area contributed by atoms with Crippen molar-refractivity contribution in [2.75, 3.05) is 6.54 Å². The molecule has 0 aliphatic carbocycles. The molecule has 0 amide bonds. The smallest absolute Gasteiger partial charge is 0.243 e. The summed E-state index contributed by atoms with van der Waals surface area (Å²) in [6, 6.07) is 0.781. The van der Waals surface area contributed by atoms with Gasteiger partial charge in [-0.05, 0) is 24.5 Å². The van der Waals surface area contributed by atoms with Crippen LogP contribution in [0.4, 0.5) is 13.2 Å². The minimum atomic E-state index is -4.27. The van der Waals surface area contributed by atoms with E-state index in [4.69, 9.17) is 5.73 Å². The number of nitrogens with two attached hydrogens (primary N) is 1. The van der Waals surface area contributed by atoms with Crippen LogP contribution in [-0.2, 0) is 10.0 Å². The summed E-state index contributed by atoms with van der Waals surface area (Å²) in [5.74, 6) is -4.73. The van der Waals surface area contributed by atoms with E-state index in [1.54, 1.807) is 0 Å². The first kappa shape index (κ1) is 16.9. The van der Waals surface area contributed by atoms with Gasteiger partial charge in [0.2, 0.25) is 10.0 Å². The highest BCUT2D eigenvalue weighted by Crippen LogP contribution is 2.19. The maximum Gasteiger partial charge on any atom is 0.243 e. The molecule has 1 aromatic rings. The summed E-state index contributed by atoms with van der Waals surface area (Å²) in [6.45, 7) is 3.73. The topological polar surface area (TPSA) is 72.2 Å². The first-order chi connectivity index (χ1) is 9.15. The highest BCUT2D eigenvalue weighted by Gasteiger charge is 2.24. The molecule has 0 aromatic heterocycles. The van der Waals surface area contributed by atoms with E-state index in [0.717, 1.165) is 0 Å². The summed E-state index contributed by atoms with van der Waals surface area (Å²) in [6.07, 6.45) is 0.572. The third-order valence-corrected chi connectivity index (χ3v) is 4.04.